The molecule has 5 heteroatoms. The Morgan fingerprint density at radius 2 is 1.75 bits per heavy atom. The largest absolute Gasteiger partial charge is 0.283 e. The molecule has 1 heterocycles. The number of hydrogen-bond donors (Lipinski definition) is 0. The summed E-state index contributed by atoms with van der Waals surface area (Å²) < 4.78 is 1.64. The molecule has 2 nitrogen and oxygen atoms in total. The lowest BCUT2D eigenvalue weighted by atomic mass is 10.1. The van der Waals surface area contributed by atoms with E-state index >= 15 is 0 Å². The Bertz CT molecular complexity index is 373. The molecule has 0 aliphatic heterocycles. The maximum absolute atomic E-state index is 11.2. The highest BCUT2D eigenvalue weighted by molar-refractivity contribution is 7.04. The van der Waals surface area contributed by atoms with Crippen LogP contribution >= 0.6 is 34.7 Å². The van der Waals surface area contributed by atoms with Gasteiger partial charge in [-0.1, -0.05) is 62.2 Å². The summed E-state index contributed by atoms with van der Waals surface area (Å²) in [5, 5.41) is 0.558. The molecule has 0 saturated carbocycles. The Kier molecular flexibility index (Phi) is 6.47. The van der Waals surface area contributed by atoms with E-state index < -0.39 is 0 Å². The third kappa shape index (κ3) is 4.11. The van der Waals surface area contributed by atoms with Gasteiger partial charge in [0.25, 0.3) is 4.74 Å². The number of rotatable bonds is 7. The molecule has 0 bridgehead atoms. The van der Waals surface area contributed by atoms with Crippen LogP contribution in [0.5, 0.6) is 0 Å². The topological polar surface area (TPSA) is 22.0 Å². The van der Waals surface area contributed by atoms with Crippen molar-refractivity contribution in [3.8, 4) is 0 Å². The normalized spacial score (nSPS) is 10.9. The van der Waals surface area contributed by atoms with Gasteiger partial charge in [-0.2, -0.15) is 0 Å². The van der Waals surface area contributed by atoms with E-state index in [9.17, 15) is 4.79 Å². The quantitative estimate of drug-likeness (QED) is 0.671. The molecule has 0 spiro atoms. The van der Waals surface area contributed by atoms with Crippen LogP contribution in [0.2, 0.25) is 10.2 Å². The molecule has 0 aliphatic carbocycles. The predicted molar refractivity (Wildman–Crippen MR) is 72.0 cm³/mol. The van der Waals surface area contributed by atoms with E-state index in [1.54, 1.807) is 3.96 Å². The molecule has 0 saturated heterocycles. The minimum atomic E-state index is -0.141. The Hall–Kier alpha value is 0.01000. The third-order valence-corrected chi connectivity index (χ3v) is 4.50. The third-order valence-electron chi connectivity index (χ3n) is 2.49. The molecule has 0 radical (unpaired) electrons. The van der Waals surface area contributed by atoms with Gasteiger partial charge in [-0.25, -0.2) is 0 Å². The fourth-order valence-corrected chi connectivity index (χ4v) is 2.91. The standard InChI is InChI=1S/C11H17Cl2NOS/c1-2-3-4-5-6-7-8-14-10(13)9(12)11(15)16-14/h2-8H2,1H3. The van der Waals surface area contributed by atoms with Crippen molar-refractivity contribution in [3.63, 3.8) is 0 Å². The molecule has 0 fully saturated rings. The van der Waals surface area contributed by atoms with Crippen molar-refractivity contribution in [3.05, 3.63) is 19.7 Å². The van der Waals surface area contributed by atoms with Crippen molar-refractivity contribution in [2.45, 2.75) is 52.0 Å². The van der Waals surface area contributed by atoms with Crippen molar-refractivity contribution >= 4 is 34.7 Å². The average molecular weight is 282 g/mol. The maximum Gasteiger partial charge on any atom is 0.269 e. The van der Waals surface area contributed by atoms with Crippen LogP contribution in [0.1, 0.15) is 45.4 Å². The summed E-state index contributed by atoms with van der Waals surface area (Å²) >= 11 is 12.7. The van der Waals surface area contributed by atoms with Crippen molar-refractivity contribution in [1.29, 1.82) is 0 Å². The molecule has 0 atom stereocenters. The van der Waals surface area contributed by atoms with E-state index in [0.717, 1.165) is 24.5 Å². The summed E-state index contributed by atoms with van der Waals surface area (Å²) in [7, 11) is 0. The molecular formula is C11H17Cl2NOS. The Balaban J connectivity index is 2.27. The van der Waals surface area contributed by atoms with Gasteiger partial charge >= 0.3 is 0 Å². The molecule has 92 valence electrons. The molecule has 1 aromatic heterocycles. The average Bonchev–Trinajstić information content (AvgIpc) is 2.51. The summed E-state index contributed by atoms with van der Waals surface area (Å²) in [6, 6.07) is 0. The van der Waals surface area contributed by atoms with E-state index in [4.69, 9.17) is 23.2 Å². The predicted octanol–water partition coefficient (Wildman–Crippen LogP) is 4.58. The van der Waals surface area contributed by atoms with Gasteiger partial charge in [-0.05, 0) is 18.0 Å². The lowest BCUT2D eigenvalue weighted by Gasteiger charge is -2.03. The fourth-order valence-electron chi connectivity index (χ4n) is 1.55. The summed E-state index contributed by atoms with van der Waals surface area (Å²) in [4.78, 5) is 11.2. The molecule has 16 heavy (non-hydrogen) atoms. The van der Waals surface area contributed by atoms with Crippen LogP contribution in [0.4, 0.5) is 0 Å². The van der Waals surface area contributed by atoms with Crippen LogP contribution in [0.15, 0.2) is 4.79 Å². The summed E-state index contributed by atoms with van der Waals surface area (Å²) in [6.07, 6.45) is 7.38. The minimum absolute atomic E-state index is 0.141. The van der Waals surface area contributed by atoms with Gasteiger partial charge in [0.1, 0.15) is 10.2 Å². The second-order valence-corrected chi connectivity index (χ2v) is 5.58. The fraction of sp³-hybridized carbons (Fsp3) is 0.727. The van der Waals surface area contributed by atoms with E-state index in [-0.39, 0.29) is 9.77 Å². The van der Waals surface area contributed by atoms with E-state index in [2.05, 4.69) is 6.92 Å². The molecule has 1 rings (SSSR count). The molecular weight excluding hydrogens is 265 g/mol. The van der Waals surface area contributed by atoms with E-state index in [1.165, 1.54) is 32.1 Å². The number of aryl methyl sites for hydroxylation is 1. The van der Waals surface area contributed by atoms with Crippen molar-refractivity contribution in [2.75, 3.05) is 0 Å². The first kappa shape index (κ1) is 14.1. The van der Waals surface area contributed by atoms with Crippen LogP contribution in [-0.4, -0.2) is 3.96 Å². The smallest absolute Gasteiger partial charge is 0.269 e. The molecule has 1 aromatic rings. The highest BCUT2D eigenvalue weighted by Gasteiger charge is 2.10. The van der Waals surface area contributed by atoms with Crippen LogP contribution in [0.3, 0.4) is 0 Å². The number of halogens is 2. The van der Waals surface area contributed by atoms with Crippen molar-refractivity contribution in [1.82, 2.24) is 3.96 Å². The summed E-state index contributed by atoms with van der Waals surface area (Å²) in [5.41, 5.74) is 0. The zero-order chi connectivity index (χ0) is 12.0. The summed E-state index contributed by atoms with van der Waals surface area (Å²) in [6.45, 7) is 3.01. The number of hydrogen-bond acceptors (Lipinski definition) is 2. The zero-order valence-electron chi connectivity index (χ0n) is 9.47. The van der Waals surface area contributed by atoms with Gasteiger partial charge in [0, 0.05) is 6.54 Å². The Morgan fingerprint density at radius 1 is 1.12 bits per heavy atom. The molecule has 0 aromatic carbocycles. The van der Waals surface area contributed by atoms with Gasteiger partial charge in [-0.15, -0.1) is 0 Å². The van der Waals surface area contributed by atoms with E-state index in [1.807, 2.05) is 0 Å². The van der Waals surface area contributed by atoms with Crippen LogP contribution < -0.4 is 4.74 Å². The molecule has 0 N–H and O–H groups in total. The highest BCUT2D eigenvalue weighted by atomic mass is 35.5. The van der Waals surface area contributed by atoms with Gasteiger partial charge in [0.2, 0.25) is 0 Å². The SMILES string of the molecule is CCCCCCCCn1sc(=O)c(Cl)c1Cl. The maximum atomic E-state index is 11.2. The molecule has 0 unspecified atom stereocenters. The van der Waals surface area contributed by atoms with Gasteiger partial charge in [-0.3, -0.25) is 8.75 Å². The van der Waals surface area contributed by atoms with Crippen LogP contribution in [-0.2, 0) is 6.54 Å². The summed E-state index contributed by atoms with van der Waals surface area (Å²) in [5.74, 6) is 0. The number of aromatic nitrogens is 1. The van der Waals surface area contributed by atoms with Gasteiger partial charge < -0.3 is 0 Å². The second-order valence-electron chi connectivity index (χ2n) is 3.85. The van der Waals surface area contributed by atoms with Gasteiger partial charge in [0.05, 0.1) is 0 Å². The first-order valence-electron chi connectivity index (χ1n) is 5.72. The molecule has 0 amide bonds. The Labute approximate surface area is 110 Å². The lowest BCUT2D eigenvalue weighted by Crippen LogP contribution is -1.94. The van der Waals surface area contributed by atoms with Crippen LogP contribution in [0.25, 0.3) is 0 Å². The molecule has 0 aliphatic rings. The minimum Gasteiger partial charge on any atom is -0.283 e. The van der Waals surface area contributed by atoms with E-state index in [0.29, 0.717) is 5.15 Å². The highest BCUT2D eigenvalue weighted by Crippen LogP contribution is 2.21. The zero-order valence-corrected chi connectivity index (χ0v) is 11.8. The second kappa shape index (κ2) is 7.36. The first-order chi connectivity index (χ1) is 7.66. The first-order valence-corrected chi connectivity index (χ1v) is 7.25. The van der Waals surface area contributed by atoms with Crippen molar-refractivity contribution < 1.29 is 0 Å². The van der Waals surface area contributed by atoms with Crippen molar-refractivity contribution in [2.24, 2.45) is 0 Å². The lowest BCUT2D eigenvalue weighted by molar-refractivity contribution is 0.573. The Morgan fingerprint density at radius 3 is 2.31 bits per heavy atom. The number of nitrogens with zero attached hydrogens (tertiary/aromatic N) is 1. The monoisotopic (exact) mass is 281 g/mol. The number of unbranched alkanes of at least 4 members (excludes halogenated alkanes) is 5. The van der Waals surface area contributed by atoms with Gasteiger partial charge in [0.15, 0.2) is 0 Å². The van der Waals surface area contributed by atoms with Crippen LogP contribution in [0, 0.1) is 0 Å².